The molecule has 0 aliphatic carbocycles. The van der Waals surface area contributed by atoms with Crippen LogP contribution >= 0.6 is 23.5 Å². The van der Waals surface area contributed by atoms with E-state index in [1.165, 1.54) is 16.7 Å². The van der Waals surface area contributed by atoms with E-state index in [1.54, 1.807) is 6.92 Å². The minimum atomic E-state index is -1.12. The molecule has 0 aromatic carbocycles. The van der Waals surface area contributed by atoms with Crippen molar-refractivity contribution in [2.45, 2.75) is 50.6 Å². The van der Waals surface area contributed by atoms with Crippen LogP contribution < -0.4 is 5.73 Å². The van der Waals surface area contributed by atoms with Gasteiger partial charge in [0.05, 0.1) is 12.0 Å². The number of aliphatic carboxylic acids is 1. The summed E-state index contributed by atoms with van der Waals surface area (Å²) >= 11 is 3.21. The maximum absolute atomic E-state index is 12.1. The third-order valence-corrected chi connectivity index (χ3v) is 6.60. The fourth-order valence-corrected chi connectivity index (χ4v) is 5.27. The number of carbonyl (C=O) groups is 2. The normalized spacial score (nSPS) is 26.1. The number of carbonyl (C=O) groups excluding carboxylic acids is 1. The number of β-lactam (4-membered cyclic amide) rings is 1. The van der Waals surface area contributed by atoms with Crippen LogP contribution in [0.15, 0.2) is 10.6 Å². The first-order valence-electron chi connectivity index (χ1n) is 7.88. The molecule has 23 heavy (non-hydrogen) atoms. The Bertz CT molecular complexity index is 510. The van der Waals surface area contributed by atoms with E-state index in [1.807, 2.05) is 11.8 Å². The first-order chi connectivity index (χ1) is 10.9. The Balaban J connectivity index is 2.02. The van der Waals surface area contributed by atoms with Gasteiger partial charge in [0.2, 0.25) is 5.91 Å². The average Bonchev–Trinajstić information content (AvgIpc) is 2.81. The maximum atomic E-state index is 12.1. The molecule has 4 atom stereocenters. The topological polar surface area (TPSA) is 104 Å². The van der Waals surface area contributed by atoms with Crippen LogP contribution in [0.3, 0.4) is 0 Å². The van der Waals surface area contributed by atoms with E-state index >= 15 is 0 Å². The summed E-state index contributed by atoms with van der Waals surface area (Å²) in [6.07, 6.45) is 1.91. The number of carboxylic acid groups (broad SMARTS) is 1. The van der Waals surface area contributed by atoms with Crippen molar-refractivity contribution in [1.82, 2.24) is 4.90 Å². The predicted octanol–water partition coefficient (Wildman–Crippen LogP) is 1.45. The molecule has 0 spiro atoms. The zero-order valence-electron chi connectivity index (χ0n) is 13.4. The van der Waals surface area contributed by atoms with Gasteiger partial charge in [-0.05, 0) is 31.3 Å². The molecular formula is C15H24N2O4S2. The summed E-state index contributed by atoms with van der Waals surface area (Å²) in [6.45, 7) is 3.68. The van der Waals surface area contributed by atoms with Crippen LogP contribution in [0.5, 0.6) is 0 Å². The van der Waals surface area contributed by atoms with Crippen molar-refractivity contribution < 1.29 is 19.8 Å². The predicted molar refractivity (Wildman–Crippen MR) is 92.9 cm³/mol. The number of nitrogens with two attached hydrogens (primary N) is 1. The molecule has 1 unspecified atom stereocenters. The number of nitrogens with zero attached hydrogens (tertiary/aromatic N) is 1. The van der Waals surface area contributed by atoms with E-state index in [-0.39, 0.29) is 23.0 Å². The number of rotatable bonds is 9. The molecule has 2 aliphatic rings. The Morgan fingerprint density at radius 1 is 1.48 bits per heavy atom. The SMILES string of the molecule is CCSCCCC[C@@H](N)C1=C(C(=O)O)N2C(=O)[C@H](C(C)O)[C@H]2S1. The molecule has 0 bridgehead atoms. The molecule has 0 saturated carbocycles. The number of amides is 1. The molecule has 2 aliphatic heterocycles. The van der Waals surface area contributed by atoms with Gasteiger partial charge in [-0.2, -0.15) is 11.8 Å². The fraction of sp³-hybridized carbons (Fsp3) is 0.733. The lowest BCUT2D eigenvalue weighted by Crippen LogP contribution is -2.60. The summed E-state index contributed by atoms with van der Waals surface area (Å²) in [5.41, 5.74) is 6.20. The number of unbranched alkanes of at least 4 members (excludes halogenated alkanes) is 1. The summed E-state index contributed by atoms with van der Waals surface area (Å²) < 4.78 is 0. The van der Waals surface area contributed by atoms with Gasteiger partial charge in [0.15, 0.2) is 0 Å². The Labute approximate surface area is 144 Å². The second kappa shape index (κ2) is 7.92. The molecule has 1 fully saturated rings. The summed E-state index contributed by atoms with van der Waals surface area (Å²) in [5.74, 6) is 0.189. The second-order valence-electron chi connectivity index (χ2n) is 5.80. The highest BCUT2D eigenvalue weighted by Crippen LogP contribution is 2.51. The van der Waals surface area contributed by atoms with E-state index in [0.717, 1.165) is 24.3 Å². The van der Waals surface area contributed by atoms with Crippen molar-refractivity contribution in [1.29, 1.82) is 0 Å². The molecule has 130 valence electrons. The van der Waals surface area contributed by atoms with Crippen molar-refractivity contribution >= 4 is 35.4 Å². The first-order valence-corrected chi connectivity index (χ1v) is 9.92. The van der Waals surface area contributed by atoms with Crippen LogP contribution in [0.25, 0.3) is 0 Å². The zero-order chi connectivity index (χ0) is 17.1. The molecule has 8 heteroatoms. The Hall–Kier alpha value is -0.700. The number of hydrogen-bond donors (Lipinski definition) is 3. The monoisotopic (exact) mass is 360 g/mol. The van der Waals surface area contributed by atoms with E-state index in [9.17, 15) is 19.8 Å². The highest BCUT2D eigenvalue weighted by Gasteiger charge is 2.58. The van der Waals surface area contributed by atoms with Gasteiger partial charge < -0.3 is 15.9 Å². The van der Waals surface area contributed by atoms with Gasteiger partial charge in [-0.3, -0.25) is 9.69 Å². The van der Waals surface area contributed by atoms with E-state index in [4.69, 9.17) is 5.73 Å². The summed E-state index contributed by atoms with van der Waals surface area (Å²) in [5, 5.41) is 18.8. The highest BCUT2D eigenvalue weighted by atomic mass is 32.2. The van der Waals surface area contributed by atoms with E-state index in [2.05, 4.69) is 6.92 Å². The van der Waals surface area contributed by atoms with Crippen LogP contribution in [0.4, 0.5) is 0 Å². The molecule has 1 saturated heterocycles. The zero-order valence-corrected chi connectivity index (χ0v) is 15.0. The average molecular weight is 361 g/mol. The van der Waals surface area contributed by atoms with E-state index < -0.39 is 18.0 Å². The van der Waals surface area contributed by atoms with Gasteiger partial charge in [-0.25, -0.2) is 4.79 Å². The van der Waals surface area contributed by atoms with Crippen LogP contribution in [0, 0.1) is 5.92 Å². The van der Waals surface area contributed by atoms with Crippen LogP contribution in [-0.2, 0) is 9.59 Å². The molecule has 2 rings (SSSR count). The third kappa shape index (κ3) is 3.70. The molecule has 1 amide bonds. The second-order valence-corrected chi connectivity index (χ2v) is 8.35. The van der Waals surface area contributed by atoms with Gasteiger partial charge >= 0.3 is 5.97 Å². The van der Waals surface area contributed by atoms with Crippen molar-refractivity contribution in [3.05, 3.63) is 10.6 Å². The summed E-state index contributed by atoms with van der Waals surface area (Å²) in [7, 11) is 0. The van der Waals surface area contributed by atoms with Crippen LogP contribution in [0.1, 0.15) is 33.1 Å². The number of carboxylic acids is 1. The van der Waals surface area contributed by atoms with Crippen molar-refractivity contribution in [3.8, 4) is 0 Å². The highest BCUT2D eigenvalue weighted by molar-refractivity contribution is 8.04. The van der Waals surface area contributed by atoms with Gasteiger partial charge in [-0.15, -0.1) is 0 Å². The summed E-state index contributed by atoms with van der Waals surface area (Å²) in [4.78, 5) is 25.5. The largest absolute Gasteiger partial charge is 0.477 e. The number of hydrogen-bond acceptors (Lipinski definition) is 6. The van der Waals surface area contributed by atoms with E-state index in [0.29, 0.717) is 11.3 Å². The number of fused-ring (bicyclic) bond motifs is 1. The maximum Gasteiger partial charge on any atom is 0.353 e. The molecule has 0 radical (unpaired) electrons. The third-order valence-electron chi connectivity index (χ3n) is 4.12. The number of aliphatic hydroxyl groups excluding tert-OH is 1. The van der Waals surface area contributed by atoms with Crippen molar-refractivity contribution in [2.24, 2.45) is 11.7 Å². The van der Waals surface area contributed by atoms with Crippen LogP contribution in [0.2, 0.25) is 0 Å². The molecular weight excluding hydrogens is 336 g/mol. The molecule has 2 heterocycles. The van der Waals surface area contributed by atoms with Crippen LogP contribution in [-0.4, -0.2) is 56.0 Å². The lowest BCUT2D eigenvalue weighted by molar-refractivity contribution is -0.156. The molecule has 6 nitrogen and oxygen atoms in total. The first kappa shape index (κ1) is 18.6. The lowest BCUT2D eigenvalue weighted by atomic mass is 9.92. The van der Waals surface area contributed by atoms with Crippen molar-refractivity contribution in [3.63, 3.8) is 0 Å². The molecule has 4 N–H and O–H groups in total. The standard InChI is InChI=1S/C15H24N2O4S2/c1-3-22-7-5-4-6-9(16)12-11(15(20)21)17-13(19)10(8(2)18)14(17)23-12/h8-10,14,18H,3-7,16H2,1-2H3,(H,20,21)/t8?,9-,10+,14-/m1/s1. The summed E-state index contributed by atoms with van der Waals surface area (Å²) in [6, 6.07) is -0.370. The number of aliphatic hydroxyl groups is 1. The van der Waals surface area contributed by atoms with Gasteiger partial charge in [0.1, 0.15) is 11.1 Å². The molecule has 0 aromatic heterocycles. The lowest BCUT2D eigenvalue weighted by Gasteiger charge is -2.43. The quantitative estimate of drug-likeness (QED) is 0.422. The minimum Gasteiger partial charge on any atom is -0.477 e. The number of thioether (sulfide) groups is 2. The van der Waals surface area contributed by atoms with Gasteiger partial charge in [0.25, 0.3) is 0 Å². The Kier molecular flexibility index (Phi) is 6.41. The molecule has 0 aromatic rings. The Morgan fingerprint density at radius 3 is 2.74 bits per heavy atom. The van der Waals surface area contributed by atoms with Gasteiger partial charge in [0, 0.05) is 10.9 Å². The smallest absolute Gasteiger partial charge is 0.353 e. The van der Waals surface area contributed by atoms with Crippen molar-refractivity contribution in [2.75, 3.05) is 11.5 Å². The Morgan fingerprint density at radius 2 is 2.17 bits per heavy atom. The fourth-order valence-electron chi connectivity index (χ4n) is 2.91. The van der Waals surface area contributed by atoms with Gasteiger partial charge in [-0.1, -0.05) is 25.1 Å². The minimum absolute atomic E-state index is 0.0114.